The Hall–Kier alpha value is -2.47. The number of halogens is 1. The second-order valence-corrected chi connectivity index (χ2v) is 8.32. The van der Waals surface area contributed by atoms with Gasteiger partial charge in [0.05, 0.1) is 20.5 Å². The van der Waals surface area contributed by atoms with Gasteiger partial charge in [-0.2, -0.15) is 0 Å². The van der Waals surface area contributed by atoms with Crippen LogP contribution in [-0.4, -0.2) is 30.0 Å². The van der Waals surface area contributed by atoms with Crippen molar-refractivity contribution in [2.75, 3.05) is 14.2 Å². The third-order valence-corrected chi connectivity index (χ3v) is 6.27. The van der Waals surface area contributed by atoms with E-state index in [1.165, 1.54) is 59.0 Å². The molecule has 0 amide bonds. The van der Waals surface area contributed by atoms with Crippen molar-refractivity contribution in [1.29, 1.82) is 0 Å². The van der Waals surface area contributed by atoms with Gasteiger partial charge in [-0.15, -0.1) is 5.10 Å². The maximum atomic E-state index is 12.2. The molecule has 0 saturated heterocycles. The van der Waals surface area contributed by atoms with Gasteiger partial charge in [0.1, 0.15) is 17.3 Å². The van der Waals surface area contributed by atoms with Gasteiger partial charge < -0.3 is 14.2 Å². The minimum atomic E-state index is -0.471. The Balaban J connectivity index is 1.76. The Morgan fingerprint density at radius 1 is 1.19 bits per heavy atom. The maximum Gasteiger partial charge on any atom is 0.341 e. The lowest BCUT2D eigenvalue weighted by atomic mass is 10.0. The number of nitrogens with zero attached hydrogens (tertiary/aromatic N) is 2. The summed E-state index contributed by atoms with van der Waals surface area (Å²) in [5.41, 5.74) is 2.68. The van der Waals surface area contributed by atoms with Crippen LogP contribution in [0.15, 0.2) is 30.5 Å². The van der Waals surface area contributed by atoms with E-state index in [-0.39, 0.29) is 6.61 Å². The molecule has 0 unspecified atom stereocenters. The number of esters is 1. The average Bonchev–Trinajstić information content (AvgIpc) is 2.96. The topological polar surface area (TPSA) is 62.6 Å². The lowest BCUT2D eigenvalue weighted by molar-refractivity contribution is -0.133. The molecule has 1 saturated carbocycles. The minimum Gasteiger partial charge on any atom is -0.503 e. The zero-order valence-corrected chi connectivity index (χ0v) is 19.3. The fourth-order valence-corrected chi connectivity index (χ4v) is 4.25. The molecule has 0 atom stereocenters. The van der Waals surface area contributed by atoms with Crippen LogP contribution in [0.25, 0.3) is 5.57 Å². The second kappa shape index (κ2) is 11.2. The second-order valence-electron chi connectivity index (χ2n) is 7.97. The molecule has 1 fully saturated rings. The fourth-order valence-electron chi connectivity index (χ4n) is 4.06. The van der Waals surface area contributed by atoms with Gasteiger partial charge in [0.25, 0.3) is 0 Å². The number of ether oxygens (including phenoxy) is 3. The number of aromatic nitrogens is 2. The maximum absolute atomic E-state index is 12.2. The zero-order chi connectivity index (χ0) is 22.2. The summed E-state index contributed by atoms with van der Waals surface area (Å²) in [6.07, 6.45) is 9.03. The SMILES string of the molecule is CO/C=C(/C(=O)OC)c1ccccc1COc1nn(CC2CCCCCC2)c(Cl)c1C. The molecule has 6 nitrogen and oxygen atoms in total. The molecule has 3 rings (SSSR count). The first-order valence-corrected chi connectivity index (χ1v) is 11.2. The highest BCUT2D eigenvalue weighted by atomic mass is 35.5. The number of hydrogen-bond donors (Lipinski definition) is 0. The summed E-state index contributed by atoms with van der Waals surface area (Å²) in [4.78, 5) is 12.2. The molecule has 2 aromatic rings. The highest BCUT2D eigenvalue weighted by Crippen LogP contribution is 2.30. The quantitative estimate of drug-likeness (QED) is 0.230. The molecule has 0 bridgehead atoms. The number of benzene rings is 1. The molecule has 1 aliphatic carbocycles. The number of methoxy groups -OCH3 is 2. The van der Waals surface area contributed by atoms with Crippen LogP contribution in [0.2, 0.25) is 5.15 Å². The molecule has 1 aromatic carbocycles. The van der Waals surface area contributed by atoms with E-state index in [9.17, 15) is 4.79 Å². The van der Waals surface area contributed by atoms with Gasteiger partial charge >= 0.3 is 5.97 Å². The van der Waals surface area contributed by atoms with Crippen molar-refractivity contribution in [2.24, 2.45) is 5.92 Å². The summed E-state index contributed by atoms with van der Waals surface area (Å²) < 4.78 is 17.9. The van der Waals surface area contributed by atoms with E-state index >= 15 is 0 Å². The Bertz CT molecular complexity index is 914. The number of carbonyl (C=O) groups is 1. The molecule has 168 valence electrons. The molecular weight excluding hydrogens is 416 g/mol. The molecule has 0 spiro atoms. The Labute approximate surface area is 189 Å². The van der Waals surface area contributed by atoms with Gasteiger partial charge in [-0.25, -0.2) is 9.48 Å². The van der Waals surface area contributed by atoms with Gasteiger partial charge in [0, 0.05) is 12.1 Å². The predicted octanol–water partition coefficient (Wildman–Crippen LogP) is 5.55. The third-order valence-electron chi connectivity index (χ3n) is 5.79. The van der Waals surface area contributed by atoms with Crippen molar-refractivity contribution in [3.05, 3.63) is 52.4 Å². The molecule has 7 heteroatoms. The van der Waals surface area contributed by atoms with Crippen LogP contribution in [0.3, 0.4) is 0 Å². The van der Waals surface area contributed by atoms with Gasteiger partial charge in [0.15, 0.2) is 0 Å². The first-order chi connectivity index (χ1) is 15.0. The summed E-state index contributed by atoms with van der Waals surface area (Å²) in [7, 11) is 2.84. The van der Waals surface area contributed by atoms with E-state index < -0.39 is 5.97 Å². The van der Waals surface area contributed by atoms with Gasteiger partial charge in [-0.05, 0) is 36.8 Å². The number of hydrogen-bond acceptors (Lipinski definition) is 5. The summed E-state index contributed by atoms with van der Waals surface area (Å²) in [6, 6.07) is 7.50. The molecule has 0 aliphatic heterocycles. The Morgan fingerprint density at radius 2 is 1.90 bits per heavy atom. The van der Waals surface area contributed by atoms with E-state index in [1.54, 1.807) is 0 Å². The van der Waals surface area contributed by atoms with Crippen LogP contribution in [0.1, 0.15) is 55.2 Å². The first kappa shape index (κ1) is 23.2. The van der Waals surface area contributed by atoms with Crippen molar-refractivity contribution in [3.8, 4) is 5.88 Å². The summed E-state index contributed by atoms with van der Waals surface area (Å²) >= 11 is 6.57. The van der Waals surface area contributed by atoms with Crippen molar-refractivity contribution in [2.45, 2.75) is 58.6 Å². The van der Waals surface area contributed by atoms with E-state index in [0.717, 1.165) is 17.7 Å². The molecular formula is C24H31ClN2O4. The van der Waals surface area contributed by atoms with Crippen molar-refractivity contribution in [3.63, 3.8) is 0 Å². The average molecular weight is 447 g/mol. The van der Waals surface area contributed by atoms with E-state index in [1.807, 2.05) is 35.9 Å². The highest BCUT2D eigenvalue weighted by molar-refractivity contribution is 6.30. The normalized spacial score (nSPS) is 15.4. The van der Waals surface area contributed by atoms with Crippen LogP contribution in [-0.2, 0) is 27.4 Å². The van der Waals surface area contributed by atoms with E-state index in [0.29, 0.717) is 28.1 Å². The van der Waals surface area contributed by atoms with E-state index in [4.69, 9.17) is 25.8 Å². The molecule has 1 aliphatic rings. The standard InChI is InChI=1S/C24H31ClN2O4/c1-17-22(25)27(14-18-10-6-4-5-7-11-18)26-23(17)31-15-19-12-8-9-13-20(19)21(16-29-2)24(28)30-3/h8-9,12-13,16,18H,4-7,10-11,14-15H2,1-3H3/b21-16+. The van der Waals surface area contributed by atoms with Gasteiger partial charge in [-0.1, -0.05) is 61.5 Å². The van der Waals surface area contributed by atoms with Crippen LogP contribution in [0.4, 0.5) is 0 Å². The molecule has 1 heterocycles. The monoisotopic (exact) mass is 446 g/mol. The summed E-state index contributed by atoms with van der Waals surface area (Å²) in [6.45, 7) is 2.99. The lowest BCUT2D eigenvalue weighted by Gasteiger charge is -2.14. The minimum absolute atomic E-state index is 0.242. The third kappa shape index (κ3) is 5.82. The Morgan fingerprint density at radius 3 is 2.58 bits per heavy atom. The molecule has 31 heavy (non-hydrogen) atoms. The van der Waals surface area contributed by atoms with Crippen molar-refractivity contribution < 1.29 is 19.0 Å². The Kier molecular flexibility index (Phi) is 8.41. The van der Waals surface area contributed by atoms with Crippen LogP contribution >= 0.6 is 11.6 Å². The molecule has 0 N–H and O–H groups in total. The predicted molar refractivity (Wildman–Crippen MR) is 121 cm³/mol. The summed E-state index contributed by atoms with van der Waals surface area (Å²) in [5.74, 6) is 0.652. The van der Waals surface area contributed by atoms with Crippen LogP contribution < -0.4 is 4.74 Å². The molecule has 0 radical (unpaired) electrons. The number of carbonyl (C=O) groups excluding carboxylic acids is 1. The fraction of sp³-hybridized carbons (Fsp3) is 0.500. The molecule has 1 aromatic heterocycles. The van der Waals surface area contributed by atoms with Crippen molar-refractivity contribution in [1.82, 2.24) is 9.78 Å². The van der Waals surface area contributed by atoms with Crippen molar-refractivity contribution >= 4 is 23.1 Å². The smallest absolute Gasteiger partial charge is 0.341 e. The lowest BCUT2D eigenvalue weighted by Crippen LogP contribution is -2.12. The van der Waals surface area contributed by atoms with Gasteiger partial charge in [0.2, 0.25) is 5.88 Å². The first-order valence-electron chi connectivity index (χ1n) is 10.8. The van der Waals surface area contributed by atoms with E-state index in [2.05, 4.69) is 5.10 Å². The van der Waals surface area contributed by atoms with Crippen LogP contribution in [0.5, 0.6) is 5.88 Å². The van der Waals surface area contributed by atoms with Crippen LogP contribution in [0, 0.1) is 12.8 Å². The summed E-state index contributed by atoms with van der Waals surface area (Å²) in [5, 5.41) is 5.27. The number of rotatable bonds is 8. The van der Waals surface area contributed by atoms with Gasteiger partial charge in [-0.3, -0.25) is 0 Å². The largest absolute Gasteiger partial charge is 0.503 e. The zero-order valence-electron chi connectivity index (χ0n) is 18.5. The highest BCUT2D eigenvalue weighted by Gasteiger charge is 2.20.